The van der Waals surface area contributed by atoms with Gasteiger partial charge >= 0.3 is 0 Å². The Morgan fingerprint density at radius 2 is 1.02 bits per heavy atom. The summed E-state index contributed by atoms with van der Waals surface area (Å²) in [7, 11) is 0. The summed E-state index contributed by atoms with van der Waals surface area (Å²) in [6, 6.07) is 56.7. The average Bonchev–Trinajstić information content (AvgIpc) is 3.43. The van der Waals surface area contributed by atoms with Crippen LogP contribution in [0.5, 0.6) is 0 Å². The maximum absolute atomic E-state index is 2.61. The summed E-state index contributed by atoms with van der Waals surface area (Å²) < 4.78 is 0. The lowest BCUT2D eigenvalue weighted by Crippen LogP contribution is -2.55. The SMILES string of the molecule is c1ccc(-c2ccc(N(c3ccccc3)c3cccc4c3C3(c5ccccc5-4)C4CC5CC(C4)CC3C5)c(-c3ccccc3)c2)cc1. The molecule has 1 heteroatoms. The average molecular weight is 606 g/mol. The van der Waals surface area contributed by atoms with Gasteiger partial charge in [-0.2, -0.15) is 0 Å². The third kappa shape index (κ3) is 4.02. The quantitative estimate of drug-likeness (QED) is 0.189. The van der Waals surface area contributed by atoms with Crippen molar-refractivity contribution >= 4 is 17.1 Å². The van der Waals surface area contributed by atoms with E-state index in [0.717, 1.165) is 11.8 Å². The lowest BCUT2D eigenvalue weighted by atomic mass is 9.43. The lowest BCUT2D eigenvalue weighted by molar-refractivity contribution is -0.0397. The van der Waals surface area contributed by atoms with Crippen molar-refractivity contribution in [3.63, 3.8) is 0 Å². The molecule has 0 N–H and O–H groups in total. The summed E-state index contributed by atoms with van der Waals surface area (Å²) in [6.07, 6.45) is 6.97. The van der Waals surface area contributed by atoms with Crippen molar-refractivity contribution in [1.29, 1.82) is 0 Å². The van der Waals surface area contributed by atoms with Crippen molar-refractivity contribution in [3.05, 3.63) is 163 Å². The molecule has 0 saturated heterocycles. The fraction of sp³-hybridized carbons (Fsp3) is 0.217. The molecule has 47 heavy (non-hydrogen) atoms. The normalized spacial score (nSPS) is 24.7. The Labute approximate surface area is 278 Å². The van der Waals surface area contributed by atoms with Gasteiger partial charge in [0.2, 0.25) is 0 Å². The van der Waals surface area contributed by atoms with Gasteiger partial charge < -0.3 is 4.90 Å². The first-order valence-corrected chi connectivity index (χ1v) is 17.6. The van der Waals surface area contributed by atoms with E-state index in [4.69, 9.17) is 0 Å². The van der Waals surface area contributed by atoms with Crippen LogP contribution in [0, 0.1) is 23.7 Å². The van der Waals surface area contributed by atoms with Crippen molar-refractivity contribution in [3.8, 4) is 33.4 Å². The molecule has 5 aliphatic carbocycles. The zero-order chi connectivity index (χ0) is 31.0. The van der Waals surface area contributed by atoms with Gasteiger partial charge in [-0.05, 0) is 125 Å². The minimum atomic E-state index is 0.0693. The van der Waals surface area contributed by atoms with Crippen molar-refractivity contribution in [1.82, 2.24) is 0 Å². The topological polar surface area (TPSA) is 3.24 Å². The van der Waals surface area contributed by atoms with Gasteiger partial charge in [0.25, 0.3) is 0 Å². The van der Waals surface area contributed by atoms with Crippen LogP contribution in [0.25, 0.3) is 33.4 Å². The number of rotatable bonds is 5. The van der Waals surface area contributed by atoms with Gasteiger partial charge in [-0.25, -0.2) is 0 Å². The Morgan fingerprint density at radius 1 is 0.426 bits per heavy atom. The van der Waals surface area contributed by atoms with Crippen LogP contribution in [0.3, 0.4) is 0 Å². The fourth-order valence-electron chi connectivity index (χ4n) is 10.7. The highest BCUT2D eigenvalue weighted by molar-refractivity contribution is 5.95. The molecule has 0 radical (unpaired) electrons. The molecule has 0 aliphatic heterocycles. The molecule has 4 saturated carbocycles. The van der Waals surface area contributed by atoms with Crippen LogP contribution in [0.4, 0.5) is 17.1 Å². The summed E-state index contributed by atoms with van der Waals surface area (Å²) >= 11 is 0. The Kier molecular flexibility index (Phi) is 6.13. The number of hydrogen-bond donors (Lipinski definition) is 0. The number of benzene rings is 6. The molecule has 11 rings (SSSR count). The van der Waals surface area contributed by atoms with E-state index in [1.807, 2.05) is 0 Å². The van der Waals surface area contributed by atoms with Crippen LogP contribution in [0.1, 0.15) is 43.2 Å². The van der Waals surface area contributed by atoms with Crippen LogP contribution in [0.2, 0.25) is 0 Å². The molecule has 6 aromatic rings. The van der Waals surface area contributed by atoms with Gasteiger partial charge in [-0.3, -0.25) is 0 Å². The van der Waals surface area contributed by atoms with Gasteiger partial charge in [0, 0.05) is 16.7 Å². The maximum Gasteiger partial charge on any atom is 0.0540 e. The second kappa shape index (κ2) is 10.6. The van der Waals surface area contributed by atoms with E-state index < -0.39 is 0 Å². The molecule has 4 bridgehead atoms. The Balaban J connectivity index is 1.26. The van der Waals surface area contributed by atoms with E-state index in [9.17, 15) is 0 Å². The van der Waals surface area contributed by atoms with E-state index in [1.54, 1.807) is 11.1 Å². The zero-order valence-electron chi connectivity index (χ0n) is 26.7. The van der Waals surface area contributed by atoms with Crippen molar-refractivity contribution in [2.45, 2.75) is 37.5 Å². The number of nitrogens with zero attached hydrogens (tertiary/aromatic N) is 1. The van der Waals surface area contributed by atoms with E-state index >= 15 is 0 Å². The summed E-state index contributed by atoms with van der Waals surface area (Å²) in [5.41, 5.74) is 14.9. The molecular weight excluding hydrogens is 567 g/mol. The van der Waals surface area contributed by atoms with Crippen LogP contribution in [0.15, 0.2) is 152 Å². The minimum Gasteiger partial charge on any atom is -0.310 e. The first kappa shape index (κ1) is 27.3. The third-order valence-electron chi connectivity index (χ3n) is 12.2. The van der Waals surface area contributed by atoms with E-state index in [-0.39, 0.29) is 5.41 Å². The van der Waals surface area contributed by atoms with E-state index in [2.05, 4.69) is 157 Å². The van der Waals surface area contributed by atoms with Crippen LogP contribution in [-0.4, -0.2) is 0 Å². The summed E-state index contributed by atoms with van der Waals surface area (Å²) in [6.45, 7) is 0. The highest BCUT2D eigenvalue weighted by atomic mass is 15.1. The molecule has 0 atom stereocenters. The summed E-state index contributed by atoms with van der Waals surface area (Å²) in [5, 5.41) is 0. The van der Waals surface area contributed by atoms with E-state index in [0.29, 0.717) is 11.8 Å². The predicted molar refractivity (Wildman–Crippen MR) is 195 cm³/mol. The maximum atomic E-state index is 2.61. The number of para-hydroxylation sites is 1. The Bertz CT molecular complexity index is 2070. The molecule has 4 fully saturated rings. The molecule has 1 nitrogen and oxygen atoms in total. The third-order valence-corrected chi connectivity index (χ3v) is 12.2. The molecule has 0 unspecified atom stereocenters. The minimum absolute atomic E-state index is 0.0693. The molecule has 0 aromatic heterocycles. The van der Waals surface area contributed by atoms with E-state index in [1.165, 1.54) is 82.5 Å². The molecule has 0 heterocycles. The summed E-state index contributed by atoms with van der Waals surface area (Å²) in [5.74, 6) is 3.22. The highest BCUT2D eigenvalue weighted by Crippen LogP contribution is 2.71. The molecule has 0 amide bonds. The van der Waals surface area contributed by atoms with Gasteiger partial charge in [0.05, 0.1) is 11.4 Å². The smallest absolute Gasteiger partial charge is 0.0540 e. The number of fused-ring (bicyclic) bond motifs is 3. The highest BCUT2D eigenvalue weighted by Gasteiger charge is 2.62. The fourth-order valence-corrected chi connectivity index (χ4v) is 10.7. The molecular formula is C46H39N. The monoisotopic (exact) mass is 605 g/mol. The van der Waals surface area contributed by atoms with Gasteiger partial charge in [0.15, 0.2) is 0 Å². The Morgan fingerprint density at radius 3 is 1.72 bits per heavy atom. The zero-order valence-corrected chi connectivity index (χ0v) is 26.7. The largest absolute Gasteiger partial charge is 0.310 e. The van der Waals surface area contributed by atoms with Gasteiger partial charge in [-0.1, -0.05) is 121 Å². The summed E-state index contributed by atoms with van der Waals surface area (Å²) in [4.78, 5) is 2.61. The van der Waals surface area contributed by atoms with Gasteiger partial charge in [-0.15, -0.1) is 0 Å². The van der Waals surface area contributed by atoms with Crippen LogP contribution in [-0.2, 0) is 5.41 Å². The molecule has 6 aromatic carbocycles. The second-order valence-corrected chi connectivity index (χ2v) is 14.6. The predicted octanol–water partition coefficient (Wildman–Crippen LogP) is 12.2. The first-order valence-electron chi connectivity index (χ1n) is 17.6. The van der Waals surface area contributed by atoms with Crippen molar-refractivity contribution in [2.75, 3.05) is 4.90 Å². The van der Waals surface area contributed by atoms with Crippen molar-refractivity contribution < 1.29 is 0 Å². The van der Waals surface area contributed by atoms with Crippen LogP contribution >= 0.6 is 0 Å². The molecule has 228 valence electrons. The molecule has 5 aliphatic rings. The number of anilines is 3. The lowest BCUT2D eigenvalue weighted by Gasteiger charge is -2.61. The molecule has 1 spiro atoms. The Hall–Kier alpha value is -4.88. The number of hydrogen-bond acceptors (Lipinski definition) is 1. The van der Waals surface area contributed by atoms with Crippen LogP contribution < -0.4 is 4.90 Å². The standard InChI is InChI=1S/C46H39N/c1-4-13-33(14-5-1)35-23-24-43(41(30-35)34-15-6-2-7-16-34)47(38-17-8-3-9-18-38)44-22-12-20-40-39-19-10-11-21-42(39)46(45(40)44)36-26-31-25-32(28-36)29-37(46)27-31/h1-24,30-32,36-37H,25-29H2. The van der Waals surface area contributed by atoms with Crippen molar-refractivity contribution in [2.24, 2.45) is 23.7 Å². The van der Waals surface area contributed by atoms with Gasteiger partial charge in [0.1, 0.15) is 0 Å². The first-order chi connectivity index (χ1) is 23.3. The second-order valence-electron chi connectivity index (χ2n) is 14.6.